The van der Waals surface area contributed by atoms with E-state index in [1.54, 1.807) is 30.3 Å². The van der Waals surface area contributed by atoms with Crippen LogP contribution in [0.3, 0.4) is 0 Å². The summed E-state index contributed by atoms with van der Waals surface area (Å²) < 4.78 is 37.8. The normalized spacial score (nSPS) is 13.8. The monoisotopic (exact) mass is 291 g/mol. The van der Waals surface area contributed by atoms with E-state index in [4.69, 9.17) is 9.47 Å². The van der Waals surface area contributed by atoms with E-state index < -0.39 is 10.0 Å². The van der Waals surface area contributed by atoms with Gasteiger partial charge in [-0.05, 0) is 24.3 Å². The smallest absolute Gasteiger partial charge is 0.262 e. The van der Waals surface area contributed by atoms with Crippen molar-refractivity contribution in [2.24, 2.45) is 0 Å². The van der Waals surface area contributed by atoms with Crippen molar-refractivity contribution in [2.45, 2.75) is 4.90 Å². The molecule has 0 spiro atoms. The SMILES string of the molecule is O=S(=O)(Nc1ccccc1)c1ccc2c(c1)OCCO2. The number of benzene rings is 2. The first-order valence-electron chi connectivity index (χ1n) is 6.13. The summed E-state index contributed by atoms with van der Waals surface area (Å²) in [6, 6.07) is 13.3. The summed E-state index contributed by atoms with van der Waals surface area (Å²) in [4.78, 5) is 0.144. The molecule has 0 saturated heterocycles. The zero-order valence-corrected chi connectivity index (χ0v) is 11.4. The summed E-state index contributed by atoms with van der Waals surface area (Å²) in [5, 5.41) is 0. The Morgan fingerprint density at radius 2 is 1.60 bits per heavy atom. The average Bonchev–Trinajstić information content (AvgIpc) is 2.47. The van der Waals surface area contributed by atoms with Crippen LogP contribution in [0.4, 0.5) is 5.69 Å². The first-order chi connectivity index (χ1) is 9.65. The van der Waals surface area contributed by atoms with Crippen molar-refractivity contribution in [1.82, 2.24) is 0 Å². The molecule has 104 valence electrons. The summed E-state index contributed by atoms with van der Waals surface area (Å²) >= 11 is 0. The van der Waals surface area contributed by atoms with Crippen molar-refractivity contribution in [3.8, 4) is 11.5 Å². The van der Waals surface area contributed by atoms with E-state index in [1.165, 1.54) is 12.1 Å². The van der Waals surface area contributed by atoms with E-state index in [1.807, 2.05) is 6.07 Å². The van der Waals surface area contributed by atoms with Crippen LogP contribution >= 0.6 is 0 Å². The van der Waals surface area contributed by atoms with Crippen LogP contribution in [-0.4, -0.2) is 21.6 Å². The summed E-state index contributed by atoms with van der Waals surface area (Å²) in [6.07, 6.45) is 0. The first kappa shape index (κ1) is 12.8. The molecule has 0 atom stereocenters. The molecule has 6 heteroatoms. The van der Waals surface area contributed by atoms with Crippen molar-refractivity contribution in [2.75, 3.05) is 17.9 Å². The number of rotatable bonds is 3. The third-order valence-corrected chi connectivity index (χ3v) is 4.23. The molecule has 2 aromatic rings. The Kier molecular flexibility index (Phi) is 3.23. The van der Waals surface area contributed by atoms with Gasteiger partial charge in [-0.1, -0.05) is 18.2 Å². The standard InChI is InChI=1S/C14H13NO4S/c16-20(17,15-11-4-2-1-3-5-11)12-6-7-13-14(10-12)19-9-8-18-13/h1-7,10,15H,8-9H2. The fourth-order valence-corrected chi connectivity index (χ4v) is 2.98. The molecule has 0 fully saturated rings. The predicted octanol–water partition coefficient (Wildman–Crippen LogP) is 2.26. The molecule has 0 bridgehead atoms. The van der Waals surface area contributed by atoms with Crippen molar-refractivity contribution >= 4 is 15.7 Å². The largest absolute Gasteiger partial charge is 0.486 e. The van der Waals surface area contributed by atoms with Gasteiger partial charge >= 0.3 is 0 Å². The Labute approximate surface area is 117 Å². The number of fused-ring (bicyclic) bond motifs is 1. The molecule has 1 aliphatic heterocycles. The van der Waals surface area contributed by atoms with Gasteiger partial charge in [0.1, 0.15) is 13.2 Å². The lowest BCUT2D eigenvalue weighted by atomic mass is 10.3. The lowest BCUT2D eigenvalue weighted by molar-refractivity contribution is 0.171. The molecule has 0 aliphatic carbocycles. The maximum absolute atomic E-state index is 12.3. The molecular formula is C14H13NO4S. The molecule has 1 heterocycles. The predicted molar refractivity (Wildman–Crippen MR) is 74.7 cm³/mol. The Bertz CT molecular complexity index is 713. The van der Waals surface area contributed by atoms with Gasteiger partial charge in [-0.3, -0.25) is 4.72 Å². The van der Waals surface area contributed by atoms with Crippen LogP contribution in [-0.2, 0) is 10.0 Å². The van der Waals surface area contributed by atoms with Gasteiger partial charge in [-0.15, -0.1) is 0 Å². The minimum atomic E-state index is -3.63. The van der Waals surface area contributed by atoms with Gasteiger partial charge in [0.15, 0.2) is 11.5 Å². The first-order valence-corrected chi connectivity index (χ1v) is 7.61. The van der Waals surface area contributed by atoms with Crippen molar-refractivity contribution in [3.05, 3.63) is 48.5 Å². The van der Waals surface area contributed by atoms with Gasteiger partial charge in [-0.2, -0.15) is 0 Å². The highest BCUT2D eigenvalue weighted by atomic mass is 32.2. The molecule has 0 aromatic heterocycles. The van der Waals surface area contributed by atoms with Crippen molar-refractivity contribution < 1.29 is 17.9 Å². The fraction of sp³-hybridized carbons (Fsp3) is 0.143. The van der Waals surface area contributed by atoms with Crippen molar-refractivity contribution in [1.29, 1.82) is 0 Å². The number of sulfonamides is 1. The number of ether oxygens (including phenoxy) is 2. The van der Waals surface area contributed by atoms with E-state index in [0.717, 1.165) is 0 Å². The maximum Gasteiger partial charge on any atom is 0.262 e. The van der Waals surface area contributed by atoms with E-state index in [9.17, 15) is 8.42 Å². The van der Waals surface area contributed by atoms with Gasteiger partial charge in [0.05, 0.1) is 4.90 Å². The zero-order valence-electron chi connectivity index (χ0n) is 10.6. The average molecular weight is 291 g/mol. The third kappa shape index (κ3) is 2.55. The lowest BCUT2D eigenvalue weighted by Gasteiger charge is -2.19. The Balaban J connectivity index is 1.91. The third-order valence-electron chi connectivity index (χ3n) is 2.85. The Morgan fingerprint density at radius 3 is 2.35 bits per heavy atom. The molecule has 2 aromatic carbocycles. The van der Waals surface area contributed by atoms with E-state index >= 15 is 0 Å². The van der Waals surface area contributed by atoms with Gasteiger partial charge in [0, 0.05) is 11.8 Å². The summed E-state index contributed by atoms with van der Waals surface area (Å²) in [6.45, 7) is 0.893. The number of hydrogen-bond donors (Lipinski definition) is 1. The molecule has 0 radical (unpaired) electrons. The fourth-order valence-electron chi connectivity index (χ4n) is 1.91. The molecule has 1 aliphatic rings. The molecule has 0 amide bonds. The molecule has 1 N–H and O–H groups in total. The summed E-state index contributed by atoms with van der Waals surface area (Å²) in [5.41, 5.74) is 0.516. The maximum atomic E-state index is 12.3. The van der Waals surface area contributed by atoms with Crippen LogP contribution in [0, 0.1) is 0 Å². The highest BCUT2D eigenvalue weighted by Crippen LogP contribution is 2.32. The second-order valence-corrected chi connectivity index (χ2v) is 5.96. The van der Waals surface area contributed by atoms with Gasteiger partial charge in [0.25, 0.3) is 10.0 Å². The van der Waals surface area contributed by atoms with E-state index in [2.05, 4.69) is 4.72 Å². The van der Waals surface area contributed by atoms with Crippen LogP contribution in [0.25, 0.3) is 0 Å². The van der Waals surface area contributed by atoms with Gasteiger partial charge in [0.2, 0.25) is 0 Å². The number of para-hydroxylation sites is 1. The van der Waals surface area contributed by atoms with Crippen LogP contribution < -0.4 is 14.2 Å². The molecule has 0 unspecified atom stereocenters. The number of anilines is 1. The summed E-state index contributed by atoms with van der Waals surface area (Å²) in [7, 11) is -3.63. The minimum absolute atomic E-state index is 0.144. The minimum Gasteiger partial charge on any atom is -0.486 e. The highest BCUT2D eigenvalue weighted by Gasteiger charge is 2.19. The Hall–Kier alpha value is -2.21. The molecular weight excluding hydrogens is 278 g/mol. The quantitative estimate of drug-likeness (QED) is 0.942. The second-order valence-electron chi connectivity index (χ2n) is 4.28. The topological polar surface area (TPSA) is 64.6 Å². The van der Waals surface area contributed by atoms with E-state index in [0.29, 0.717) is 30.4 Å². The lowest BCUT2D eigenvalue weighted by Crippen LogP contribution is -2.17. The second kappa shape index (κ2) is 5.05. The molecule has 0 saturated carbocycles. The van der Waals surface area contributed by atoms with Crippen LogP contribution in [0.1, 0.15) is 0 Å². The molecule has 20 heavy (non-hydrogen) atoms. The van der Waals surface area contributed by atoms with Gasteiger partial charge in [-0.25, -0.2) is 8.42 Å². The summed E-state index contributed by atoms with van der Waals surface area (Å²) in [5.74, 6) is 1.02. The molecule has 5 nitrogen and oxygen atoms in total. The van der Waals surface area contributed by atoms with Crippen LogP contribution in [0.5, 0.6) is 11.5 Å². The molecule has 3 rings (SSSR count). The van der Waals surface area contributed by atoms with Gasteiger partial charge < -0.3 is 9.47 Å². The van der Waals surface area contributed by atoms with Crippen LogP contribution in [0.2, 0.25) is 0 Å². The Morgan fingerprint density at radius 1 is 0.900 bits per heavy atom. The number of hydrogen-bond acceptors (Lipinski definition) is 4. The number of nitrogens with one attached hydrogen (secondary N) is 1. The zero-order chi connectivity index (χ0) is 14.0. The van der Waals surface area contributed by atoms with E-state index in [-0.39, 0.29) is 4.90 Å². The van der Waals surface area contributed by atoms with Crippen LogP contribution in [0.15, 0.2) is 53.4 Å². The highest BCUT2D eigenvalue weighted by molar-refractivity contribution is 7.92. The van der Waals surface area contributed by atoms with Crippen molar-refractivity contribution in [3.63, 3.8) is 0 Å².